The van der Waals surface area contributed by atoms with Gasteiger partial charge in [-0.25, -0.2) is 0 Å². The zero-order valence-corrected chi connectivity index (χ0v) is 15.0. The topological polar surface area (TPSA) is 47.6 Å². The number of carbonyl (C=O) groups excluding carboxylic acids is 1. The summed E-state index contributed by atoms with van der Waals surface area (Å²) < 4.78 is 10.6. The first-order valence-corrected chi connectivity index (χ1v) is 8.10. The molecule has 0 radical (unpaired) electrons. The maximum absolute atomic E-state index is 12.6. The number of benzene rings is 2. The Morgan fingerprint density at radius 3 is 2.29 bits per heavy atom. The normalized spacial score (nSPS) is 11.7. The van der Waals surface area contributed by atoms with E-state index in [9.17, 15) is 4.79 Å². The molecule has 0 saturated heterocycles. The van der Waals surface area contributed by atoms with Gasteiger partial charge in [-0.15, -0.1) is 0 Å². The lowest BCUT2D eigenvalue weighted by Gasteiger charge is -2.19. The molecule has 0 unspecified atom stereocenters. The van der Waals surface area contributed by atoms with Crippen molar-refractivity contribution in [2.24, 2.45) is 0 Å². The van der Waals surface area contributed by atoms with E-state index in [0.29, 0.717) is 17.1 Å². The SMILES string of the molecule is CC[C@@H](NC(=O)c1ccc(C)c(C)c1)c1ccc(OC)c(OC)c1. The highest BCUT2D eigenvalue weighted by Crippen LogP contribution is 2.31. The lowest BCUT2D eigenvalue weighted by Crippen LogP contribution is -2.28. The summed E-state index contributed by atoms with van der Waals surface area (Å²) in [7, 11) is 3.21. The third-order valence-corrected chi connectivity index (χ3v) is 4.29. The number of methoxy groups -OCH3 is 2. The minimum Gasteiger partial charge on any atom is -0.493 e. The van der Waals surface area contributed by atoms with Crippen LogP contribution in [0.2, 0.25) is 0 Å². The number of amides is 1. The summed E-state index contributed by atoms with van der Waals surface area (Å²) in [4.78, 5) is 12.6. The highest BCUT2D eigenvalue weighted by Gasteiger charge is 2.16. The van der Waals surface area contributed by atoms with Gasteiger partial charge in [0.1, 0.15) is 0 Å². The number of nitrogens with one attached hydrogen (secondary N) is 1. The molecular formula is C20H25NO3. The summed E-state index contributed by atoms with van der Waals surface area (Å²) in [5, 5.41) is 3.10. The largest absolute Gasteiger partial charge is 0.493 e. The summed E-state index contributed by atoms with van der Waals surface area (Å²) in [6, 6.07) is 11.4. The maximum atomic E-state index is 12.6. The molecular weight excluding hydrogens is 302 g/mol. The Kier molecular flexibility index (Phi) is 5.85. The molecule has 128 valence electrons. The molecule has 0 aromatic heterocycles. The van der Waals surface area contributed by atoms with Gasteiger partial charge in [0.15, 0.2) is 11.5 Å². The molecule has 4 heteroatoms. The number of aryl methyl sites for hydroxylation is 2. The highest BCUT2D eigenvalue weighted by molar-refractivity contribution is 5.94. The quantitative estimate of drug-likeness (QED) is 0.865. The predicted octanol–water partition coefficient (Wildman–Crippen LogP) is 4.20. The molecule has 2 rings (SSSR count). The van der Waals surface area contributed by atoms with Crippen molar-refractivity contribution in [2.75, 3.05) is 14.2 Å². The van der Waals surface area contributed by atoms with Crippen LogP contribution >= 0.6 is 0 Å². The molecule has 0 saturated carbocycles. The molecule has 0 fully saturated rings. The first kappa shape index (κ1) is 17.9. The molecule has 2 aromatic rings. The third kappa shape index (κ3) is 3.88. The van der Waals surface area contributed by atoms with E-state index in [1.54, 1.807) is 14.2 Å². The van der Waals surface area contributed by atoms with Gasteiger partial charge >= 0.3 is 0 Å². The van der Waals surface area contributed by atoms with Crippen molar-refractivity contribution in [3.05, 3.63) is 58.7 Å². The van der Waals surface area contributed by atoms with Crippen molar-refractivity contribution in [3.63, 3.8) is 0 Å². The van der Waals surface area contributed by atoms with Crippen molar-refractivity contribution >= 4 is 5.91 Å². The van der Waals surface area contributed by atoms with Crippen LogP contribution in [-0.2, 0) is 0 Å². The minimum absolute atomic E-state index is 0.0697. The summed E-state index contributed by atoms with van der Waals surface area (Å²) in [6.45, 7) is 6.09. The van der Waals surface area contributed by atoms with Crippen LogP contribution in [0.15, 0.2) is 36.4 Å². The number of ether oxygens (including phenoxy) is 2. The van der Waals surface area contributed by atoms with Crippen LogP contribution in [0.1, 0.15) is 46.4 Å². The van der Waals surface area contributed by atoms with Crippen molar-refractivity contribution in [1.82, 2.24) is 5.32 Å². The van der Waals surface area contributed by atoms with Gasteiger partial charge in [0.2, 0.25) is 0 Å². The Hall–Kier alpha value is -2.49. The molecule has 24 heavy (non-hydrogen) atoms. The Bertz CT molecular complexity index is 725. The Balaban J connectivity index is 2.22. The smallest absolute Gasteiger partial charge is 0.251 e. The van der Waals surface area contributed by atoms with Gasteiger partial charge in [0.05, 0.1) is 20.3 Å². The van der Waals surface area contributed by atoms with Crippen LogP contribution in [0.5, 0.6) is 11.5 Å². The van der Waals surface area contributed by atoms with E-state index >= 15 is 0 Å². The maximum Gasteiger partial charge on any atom is 0.251 e. The van der Waals surface area contributed by atoms with Crippen molar-refractivity contribution in [3.8, 4) is 11.5 Å². The molecule has 1 N–H and O–H groups in total. The number of hydrogen-bond acceptors (Lipinski definition) is 3. The molecule has 0 spiro atoms. The van der Waals surface area contributed by atoms with Crippen LogP contribution in [0.25, 0.3) is 0 Å². The van der Waals surface area contributed by atoms with Crippen LogP contribution in [0, 0.1) is 13.8 Å². The van der Waals surface area contributed by atoms with Crippen molar-refractivity contribution in [1.29, 1.82) is 0 Å². The summed E-state index contributed by atoms with van der Waals surface area (Å²) in [6.07, 6.45) is 0.784. The van der Waals surface area contributed by atoms with E-state index in [0.717, 1.165) is 17.5 Å². The monoisotopic (exact) mass is 327 g/mol. The summed E-state index contributed by atoms with van der Waals surface area (Å²) in [5.41, 5.74) is 3.96. The fraction of sp³-hybridized carbons (Fsp3) is 0.350. The molecule has 4 nitrogen and oxygen atoms in total. The Morgan fingerprint density at radius 1 is 1.00 bits per heavy atom. The molecule has 0 aliphatic heterocycles. The molecule has 0 aliphatic carbocycles. The van der Waals surface area contributed by atoms with Gasteiger partial charge in [-0.1, -0.05) is 19.1 Å². The van der Waals surface area contributed by atoms with E-state index in [1.165, 1.54) is 5.56 Å². The lowest BCUT2D eigenvalue weighted by atomic mass is 10.0. The van der Waals surface area contributed by atoms with Gasteiger partial charge in [-0.05, 0) is 61.2 Å². The van der Waals surface area contributed by atoms with Gasteiger partial charge in [-0.3, -0.25) is 4.79 Å². The van der Waals surface area contributed by atoms with Crippen LogP contribution in [0.4, 0.5) is 0 Å². The van der Waals surface area contributed by atoms with Crippen LogP contribution in [0.3, 0.4) is 0 Å². The molecule has 1 atom stereocenters. The zero-order valence-electron chi connectivity index (χ0n) is 15.0. The molecule has 2 aromatic carbocycles. The summed E-state index contributed by atoms with van der Waals surface area (Å²) >= 11 is 0. The molecule has 0 heterocycles. The molecule has 0 bridgehead atoms. The van der Waals surface area contributed by atoms with Gasteiger partial charge in [0, 0.05) is 5.56 Å². The Morgan fingerprint density at radius 2 is 1.71 bits per heavy atom. The minimum atomic E-state index is -0.0843. The average molecular weight is 327 g/mol. The first-order chi connectivity index (χ1) is 11.5. The zero-order chi connectivity index (χ0) is 17.7. The first-order valence-electron chi connectivity index (χ1n) is 8.10. The van der Waals surface area contributed by atoms with Crippen molar-refractivity contribution in [2.45, 2.75) is 33.2 Å². The fourth-order valence-electron chi connectivity index (χ4n) is 2.61. The second kappa shape index (κ2) is 7.86. The highest BCUT2D eigenvalue weighted by atomic mass is 16.5. The molecule has 1 amide bonds. The summed E-state index contributed by atoms with van der Waals surface area (Å²) in [5.74, 6) is 1.27. The lowest BCUT2D eigenvalue weighted by molar-refractivity contribution is 0.0935. The number of carbonyl (C=O) groups is 1. The van der Waals surface area contributed by atoms with Gasteiger partial charge in [-0.2, -0.15) is 0 Å². The van der Waals surface area contributed by atoms with E-state index in [2.05, 4.69) is 5.32 Å². The van der Waals surface area contributed by atoms with Gasteiger partial charge in [0.25, 0.3) is 5.91 Å². The molecule has 0 aliphatic rings. The van der Waals surface area contributed by atoms with E-state index < -0.39 is 0 Å². The Labute approximate surface area is 143 Å². The number of hydrogen-bond donors (Lipinski definition) is 1. The van der Waals surface area contributed by atoms with E-state index in [4.69, 9.17) is 9.47 Å². The third-order valence-electron chi connectivity index (χ3n) is 4.29. The van der Waals surface area contributed by atoms with Crippen LogP contribution in [-0.4, -0.2) is 20.1 Å². The second-order valence-electron chi connectivity index (χ2n) is 5.85. The van der Waals surface area contributed by atoms with Crippen LogP contribution < -0.4 is 14.8 Å². The van der Waals surface area contributed by atoms with Crippen molar-refractivity contribution < 1.29 is 14.3 Å². The predicted molar refractivity (Wildman–Crippen MR) is 96.0 cm³/mol. The average Bonchev–Trinajstić information content (AvgIpc) is 2.61. The van der Waals surface area contributed by atoms with E-state index in [1.807, 2.05) is 57.2 Å². The van der Waals surface area contributed by atoms with Gasteiger partial charge < -0.3 is 14.8 Å². The second-order valence-corrected chi connectivity index (χ2v) is 5.85. The number of rotatable bonds is 6. The standard InChI is InChI=1S/C20H25NO3/c1-6-17(15-9-10-18(23-4)19(12-15)24-5)21-20(22)16-8-7-13(2)14(3)11-16/h7-12,17H,6H2,1-5H3,(H,21,22)/t17-/m1/s1. The fourth-order valence-corrected chi connectivity index (χ4v) is 2.61. The van der Waals surface area contributed by atoms with E-state index in [-0.39, 0.29) is 11.9 Å².